The van der Waals surface area contributed by atoms with Gasteiger partial charge in [0.25, 0.3) is 0 Å². The Morgan fingerprint density at radius 1 is 1.35 bits per heavy atom. The van der Waals surface area contributed by atoms with E-state index in [1.165, 1.54) is 7.11 Å². The zero-order valence-corrected chi connectivity index (χ0v) is 9.31. The minimum Gasteiger partial charge on any atom is -0.394 e. The summed E-state index contributed by atoms with van der Waals surface area (Å²) in [6.07, 6.45) is -5.42. The fourth-order valence-corrected chi connectivity index (χ4v) is 1.61. The van der Waals surface area contributed by atoms with E-state index in [-0.39, 0.29) is 6.61 Å². The van der Waals surface area contributed by atoms with Gasteiger partial charge in [-0.2, -0.15) is 0 Å². The van der Waals surface area contributed by atoms with Crippen molar-refractivity contribution in [3.63, 3.8) is 0 Å². The van der Waals surface area contributed by atoms with E-state index in [2.05, 4.69) is 10.1 Å². The summed E-state index contributed by atoms with van der Waals surface area (Å²) in [7, 11) is 1.32. The maximum atomic E-state index is 11.2. The van der Waals surface area contributed by atoms with E-state index in [9.17, 15) is 20.1 Å². The Bertz CT molecular complexity index is 262. The molecule has 0 radical (unpaired) electrons. The molecule has 1 amide bonds. The molecule has 5 atom stereocenters. The molecule has 0 aromatic rings. The van der Waals surface area contributed by atoms with Crippen LogP contribution in [0.15, 0.2) is 0 Å². The minimum atomic E-state index is -1.51. The Hall–Kier alpha value is -0.770. The molecule has 100 valence electrons. The second kappa shape index (κ2) is 6.24. The van der Waals surface area contributed by atoms with Crippen LogP contribution < -0.4 is 5.32 Å². The summed E-state index contributed by atoms with van der Waals surface area (Å²) in [5.74, 6) is -0.561. The van der Waals surface area contributed by atoms with Crippen molar-refractivity contribution in [1.82, 2.24) is 5.32 Å². The molecule has 0 aromatic heterocycles. The molecule has 0 spiro atoms. The van der Waals surface area contributed by atoms with E-state index in [0.717, 1.165) is 0 Å². The van der Waals surface area contributed by atoms with Crippen molar-refractivity contribution in [2.45, 2.75) is 30.6 Å². The first-order valence-electron chi connectivity index (χ1n) is 5.10. The fraction of sp³-hybridized carbons (Fsp3) is 0.889. The van der Waals surface area contributed by atoms with Crippen LogP contribution in [0.25, 0.3) is 0 Å². The van der Waals surface area contributed by atoms with Gasteiger partial charge < -0.3 is 35.2 Å². The standard InChI is InChI=1S/C9H17NO7/c1-16-3-5(12)10-6-8(14)7(13)4(2-11)17-9(6)15/h4,6-9,11,13-15H,2-3H2,1H3,(H,10,12)/t4?,6?,7-,8?,9-/m1/s1. The number of amides is 1. The van der Waals surface area contributed by atoms with Crippen LogP contribution in [0.1, 0.15) is 0 Å². The number of aliphatic hydroxyl groups is 4. The number of rotatable bonds is 4. The number of methoxy groups -OCH3 is 1. The van der Waals surface area contributed by atoms with Gasteiger partial charge in [-0.15, -0.1) is 0 Å². The highest BCUT2D eigenvalue weighted by Gasteiger charge is 2.44. The molecule has 0 saturated carbocycles. The average molecular weight is 251 g/mol. The molecule has 1 saturated heterocycles. The van der Waals surface area contributed by atoms with Crippen molar-refractivity contribution in [2.75, 3.05) is 20.3 Å². The van der Waals surface area contributed by atoms with Crippen LogP contribution in [0.5, 0.6) is 0 Å². The van der Waals surface area contributed by atoms with E-state index in [1.54, 1.807) is 0 Å². The van der Waals surface area contributed by atoms with E-state index in [4.69, 9.17) is 9.84 Å². The zero-order valence-electron chi connectivity index (χ0n) is 9.31. The second-order valence-electron chi connectivity index (χ2n) is 3.76. The number of carbonyl (C=O) groups is 1. The normalized spacial score (nSPS) is 37.8. The van der Waals surface area contributed by atoms with Crippen LogP contribution in [0.2, 0.25) is 0 Å². The van der Waals surface area contributed by atoms with E-state index in [1.807, 2.05) is 0 Å². The molecule has 3 unspecified atom stereocenters. The van der Waals surface area contributed by atoms with Crippen LogP contribution in [0.3, 0.4) is 0 Å². The SMILES string of the molecule is COCC(=O)NC1C(O)[C@H](O)C(CO)O[C@H]1O. The predicted molar refractivity (Wildman–Crippen MR) is 53.8 cm³/mol. The molecule has 1 aliphatic rings. The first kappa shape index (κ1) is 14.3. The quantitative estimate of drug-likeness (QED) is 0.351. The number of ether oxygens (including phenoxy) is 2. The van der Waals surface area contributed by atoms with Gasteiger partial charge in [0.1, 0.15) is 31.0 Å². The Kier molecular flexibility index (Phi) is 5.25. The first-order valence-corrected chi connectivity index (χ1v) is 5.10. The number of carbonyl (C=O) groups excluding carboxylic acids is 1. The number of hydrogen-bond acceptors (Lipinski definition) is 7. The lowest BCUT2D eigenvalue weighted by Crippen LogP contribution is -2.64. The van der Waals surface area contributed by atoms with Crippen LogP contribution in [-0.4, -0.2) is 77.3 Å². The molecule has 5 N–H and O–H groups in total. The highest BCUT2D eigenvalue weighted by molar-refractivity contribution is 5.77. The Morgan fingerprint density at radius 2 is 2.00 bits per heavy atom. The summed E-state index contributed by atoms with van der Waals surface area (Å²) in [5.41, 5.74) is 0. The summed E-state index contributed by atoms with van der Waals surface area (Å²) < 4.78 is 9.42. The van der Waals surface area contributed by atoms with Gasteiger partial charge in [0.05, 0.1) is 6.61 Å². The van der Waals surface area contributed by atoms with Gasteiger partial charge in [0.15, 0.2) is 6.29 Å². The predicted octanol–water partition coefficient (Wildman–Crippen LogP) is -3.45. The lowest BCUT2D eigenvalue weighted by atomic mass is 9.97. The maximum Gasteiger partial charge on any atom is 0.246 e. The third-order valence-corrected chi connectivity index (χ3v) is 2.50. The maximum absolute atomic E-state index is 11.2. The lowest BCUT2D eigenvalue weighted by Gasteiger charge is -2.40. The first-order chi connectivity index (χ1) is 8.01. The van der Waals surface area contributed by atoms with Gasteiger partial charge >= 0.3 is 0 Å². The van der Waals surface area contributed by atoms with E-state index < -0.39 is 43.2 Å². The van der Waals surface area contributed by atoms with Crippen LogP contribution >= 0.6 is 0 Å². The van der Waals surface area contributed by atoms with Crippen LogP contribution in [0.4, 0.5) is 0 Å². The van der Waals surface area contributed by atoms with Gasteiger partial charge in [0.2, 0.25) is 5.91 Å². The topological polar surface area (TPSA) is 128 Å². The number of aliphatic hydroxyl groups excluding tert-OH is 4. The van der Waals surface area contributed by atoms with Crippen molar-refractivity contribution in [3.05, 3.63) is 0 Å². The van der Waals surface area contributed by atoms with Crippen molar-refractivity contribution in [3.8, 4) is 0 Å². The molecule has 0 bridgehead atoms. The number of hydrogen-bond donors (Lipinski definition) is 5. The monoisotopic (exact) mass is 251 g/mol. The van der Waals surface area contributed by atoms with E-state index in [0.29, 0.717) is 0 Å². The van der Waals surface area contributed by atoms with E-state index >= 15 is 0 Å². The smallest absolute Gasteiger partial charge is 0.246 e. The third-order valence-electron chi connectivity index (χ3n) is 2.50. The summed E-state index contributed by atoms with van der Waals surface area (Å²) in [5, 5.41) is 39.8. The molecule has 8 heteroatoms. The molecule has 1 heterocycles. The van der Waals surface area contributed by atoms with Gasteiger partial charge in [-0.1, -0.05) is 0 Å². The van der Waals surface area contributed by atoms with Gasteiger partial charge in [0, 0.05) is 7.11 Å². The van der Waals surface area contributed by atoms with Crippen molar-refractivity contribution in [1.29, 1.82) is 0 Å². The number of nitrogens with one attached hydrogen (secondary N) is 1. The summed E-state index contributed by atoms with van der Waals surface area (Å²) in [6.45, 7) is -0.788. The second-order valence-corrected chi connectivity index (χ2v) is 3.76. The van der Waals surface area contributed by atoms with Crippen molar-refractivity contribution >= 4 is 5.91 Å². The Morgan fingerprint density at radius 3 is 2.53 bits per heavy atom. The Balaban J connectivity index is 2.63. The fourth-order valence-electron chi connectivity index (χ4n) is 1.61. The molecular weight excluding hydrogens is 234 g/mol. The molecule has 1 aliphatic heterocycles. The van der Waals surface area contributed by atoms with Gasteiger partial charge in [-0.05, 0) is 0 Å². The van der Waals surface area contributed by atoms with Crippen LogP contribution in [-0.2, 0) is 14.3 Å². The average Bonchev–Trinajstić information content (AvgIpc) is 2.29. The van der Waals surface area contributed by atoms with Crippen molar-refractivity contribution < 1.29 is 34.7 Å². The van der Waals surface area contributed by atoms with Gasteiger partial charge in [-0.25, -0.2) is 0 Å². The van der Waals surface area contributed by atoms with Crippen molar-refractivity contribution in [2.24, 2.45) is 0 Å². The Labute approximate surface area is 97.8 Å². The molecule has 17 heavy (non-hydrogen) atoms. The third kappa shape index (κ3) is 3.35. The lowest BCUT2D eigenvalue weighted by molar-refractivity contribution is -0.254. The van der Waals surface area contributed by atoms with Crippen LogP contribution in [0, 0.1) is 0 Å². The summed E-state index contributed by atoms with van der Waals surface area (Å²) in [6, 6.07) is -1.17. The highest BCUT2D eigenvalue weighted by atomic mass is 16.6. The molecular formula is C9H17NO7. The zero-order chi connectivity index (χ0) is 13.0. The molecule has 1 fully saturated rings. The largest absolute Gasteiger partial charge is 0.394 e. The summed E-state index contributed by atoms with van der Waals surface area (Å²) >= 11 is 0. The summed E-state index contributed by atoms with van der Waals surface area (Å²) in [4.78, 5) is 11.2. The van der Waals surface area contributed by atoms with Gasteiger partial charge in [-0.3, -0.25) is 4.79 Å². The molecule has 8 nitrogen and oxygen atoms in total. The minimum absolute atomic E-state index is 0.241. The highest BCUT2D eigenvalue weighted by Crippen LogP contribution is 2.19. The molecule has 0 aromatic carbocycles. The molecule has 0 aliphatic carbocycles. The molecule has 1 rings (SSSR count).